The van der Waals surface area contributed by atoms with E-state index in [0.29, 0.717) is 23.2 Å². The number of benzene rings is 3. The number of hydrogen-bond donors (Lipinski definition) is 3. The SMILES string of the molecule is CCc1cccc(CNC[C@@H](OC(=O)c2cccc3c(C)c(C)[nH]c23)[C@@H](N)Cc2cc(F)cc(F)c2)c1. The van der Waals surface area contributed by atoms with Crippen LogP contribution < -0.4 is 11.1 Å². The number of esters is 1. The molecule has 3 aromatic carbocycles. The number of H-pyrrole nitrogens is 1. The Morgan fingerprint density at radius 1 is 1.00 bits per heavy atom. The molecule has 0 spiro atoms. The van der Waals surface area contributed by atoms with E-state index in [9.17, 15) is 13.6 Å². The number of hydrogen-bond acceptors (Lipinski definition) is 4. The Labute approximate surface area is 216 Å². The monoisotopic (exact) mass is 505 g/mol. The number of aromatic amines is 1. The first kappa shape index (κ1) is 26.5. The molecule has 4 rings (SSSR count). The van der Waals surface area contributed by atoms with E-state index in [4.69, 9.17) is 10.5 Å². The Balaban J connectivity index is 1.54. The van der Waals surface area contributed by atoms with Crippen molar-refractivity contribution in [3.05, 3.63) is 106 Å². The van der Waals surface area contributed by atoms with E-state index in [1.54, 1.807) is 6.07 Å². The van der Waals surface area contributed by atoms with Crippen molar-refractivity contribution >= 4 is 16.9 Å². The average molecular weight is 506 g/mol. The van der Waals surface area contributed by atoms with Gasteiger partial charge in [0.05, 0.1) is 11.1 Å². The first-order valence-corrected chi connectivity index (χ1v) is 12.5. The highest BCUT2D eigenvalue weighted by atomic mass is 19.1. The van der Waals surface area contributed by atoms with Crippen molar-refractivity contribution < 1.29 is 18.3 Å². The molecule has 0 fully saturated rings. The van der Waals surface area contributed by atoms with Gasteiger partial charge in [0.2, 0.25) is 0 Å². The average Bonchev–Trinajstić information content (AvgIpc) is 3.16. The summed E-state index contributed by atoms with van der Waals surface area (Å²) in [6, 6.07) is 16.4. The molecule has 0 aliphatic rings. The molecule has 5 nitrogen and oxygen atoms in total. The number of nitrogens with one attached hydrogen (secondary N) is 2. The second-order valence-corrected chi connectivity index (χ2v) is 9.50. The van der Waals surface area contributed by atoms with Crippen LogP contribution in [0.1, 0.15) is 45.2 Å². The molecule has 0 unspecified atom stereocenters. The quantitative estimate of drug-likeness (QED) is 0.248. The van der Waals surface area contributed by atoms with Crippen LogP contribution in [0.5, 0.6) is 0 Å². The first-order chi connectivity index (χ1) is 17.7. The summed E-state index contributed by atoms with van der Waals surface area (Å²) in [6.45, 7) is 6.90. The molecule has 0 aliphatic heterocycles. The molecule has 0 bridgehead atoms. The summed E-state index contributed by atoms with van der Waals surface area (Å²) in [6.07, 6.45) is 0.345. The maximum atomic E-state index is 13.8. The van der Waals surface area contributed by atoms with Crippen molar-refractivity contribution in [2.45, 2.75) is 52.3 Å². The molecule has 2 atom stereocenters. The molecule has 0 radical (unpaired) electrons. The van der Waals surface area contributed by atoms with E-state index in [0.717, 1.165) is 34.7 Å². The fourth-order valence-corrected chi connectivity index (χ4v) is 4.58. The summed E-state index contributed by atoms with van der Waals surface area (Å²) in [4.78, 5) is 16.6. The van der Waals surface area contributed by atoms with Gasteiger partial charge in [-0.2, -0.15) is 0 Å². The van der Waals surface area contributed by atoms with E-state index in [2.05, 4.69) is 29.4 Å². The summed E-state index contributed by atoms with van der Waals surface area (Å²) >= 11 is 0. The fourth-order valence-electron chi connectivity index (χ4n) is 4.58. The highest BCUT2D eigenvalue weighted by Crippen LogP contribution is 2.25. The van der Waals surface area contributed by atoms with Crippen molar-refractivity contribution in [2.75, 3.05) is 6.54 Å². The highest BCUT2D eigenvalue weighted by Gasteiger charge is 2.25. The minimum atomic E-state index is -0.736. The summed E-state index contributed by atoms with van der Waals surface area (Å²) in [7, 11) is 0. The van der Waals surface area contributed by atoms with Gasteiger partial charge in [0.1, 0.15) is 17.7 Å². The molecular weight excluding hydrogens is 472 g/mol. The lowest BCUT2D eigenvalue weighted by molar-refractivity contribution is 0.0240. The number of carbonyl (C=O) groups excluding carboxylic acids is 1. The summed E-state index contributed by atoms with van der Waals surface area (Å²) in [5, 5.41) is 4.29. The molecule has 37 heavy (non-hydrogen) atoms. The molecule has 4 N–H and O–H groups in total. The van der Waals surface area contributed by atoms with Crippen molar-refractivity contribution in [3.8, 4) is 0 Å². The van der Waals surface area contributed by atoms with Gasteiger partial charge in [-0.25, -0.2) is 13.6 Å². The summed E-state index contributed by atoms with van der Waals surface area (Å²) in [5.74, 6) is -1.85. The van der Waals surface area contributed by atoms with Crippen LogP contribution in [-0.4, -0.2) is 29.6 Å². The standard InChI is InChI=1S/C30H33F2N3O2/c1-4-20-7-5-8-21(11-20)16-34-17-28(27(33)14-22-12-23(31)15-24(32)13-22)37-30(36)26-10-6-9-25-18(2)19(3)35-29(25)26/h5-13,15,27-28,34-35H,4,14,16-17,33H2,1-3H3/t27-,28+/m0/s1. The number of nitrogens with two attached hydrogens (primary N) is 1. The second-order valence-electron chi connectivity index (χ2n) is 9.50. The molecular formula is C30H33F2N3O2. The fraction of sp³-hybridized carbons (Fsp3) is 0.300. The maximum Gasteiger partial charge on any atom is 0.340 e. The predicted octanol–water partition coefficient (Wildman–Crippen LogP) is 5.51. The van der Waals surface area contributed by atoms with Crippen LogP contribution in [0.3, 0.4) is 0 Å². The number of aryl methyl sites for hydroxylation is 3. The second kappa shape index (κ2) is 11.7. The number of halogens is 2. The third kappa shape index (κ3) is 6.42. The van der Waals surface area contributed by atoms with Crippen molar-refractivity contribution in [1.82, 2.24) is 10.3 Å². The normalized spacial score (nSPS) is 13.0. The van der Waals surface area contributed by atoms with E-state index >= 15 is 0 Å². The largest absolute Gasteiger partial charge is 0.456 e. The number of rotatable bonds is 10. The smallest absolute Gasteiger partial charge is 0.340 e. The topological polar surface area (TPSA) is 80.1 Å². The van der Waals surface area contributed by atoms with Crippen LogP contribution in [-0.2, 0) is 24.1 Å². The molecule has 194 valence electrons. The van der Waals surface area contributed by atoms with Crippen molar-refractivity contribution in [3.63, 3.8) is 0 Å². The van der Waals surface area contributed by atoms with Crippen LogP contribution >= 0.6 is 0 Å². The van der Waals surface area contributed by atoms with Crippen LogP contribution in [0.25, 0.3) is 10.9 Å². The van der Waals surface area contributed by atoms with Gasteiger partial charge >= 0.3 is 5.97 Å². The zero-order valence-corrected chi connectivity index (χ0v) is 21.4. The molecule has 7 heteroatoms. The Kier molecular flexibility index (Phi) is 8.36. The first-order valence-electron chi connectivity index (χ1n) is 12.5. The van der Waals surface area contributed by atoms with E-state index < -0.39 is 29.7 Å². The minimum Gasteiger partial charge on any atom is -0.456 e. The van der Waals surface area contributed by atoms with Gasteiger partial charge in [-0.1, -0.05) is 43.3 Å². The zero-order chi connectivity index (χ0) is 26.5. The summed E-state index contributed by atoms with van der Waals surface area (Å²) in [5.41, 5.74) is 12.4. The lowest BCUT2D eigenvalue weighted by Gasteiger charge is -2.25. The number of ether oxygens (including phenoxy) is 1. The maximum absolute atomic E-state index is 13.8. The Hall–Kier alpha value is -3.55. The van der Waals surface area contributed by atoms with E-state index in [-0.39, 0.29) is 13.0 Å². The van der Waals surface area contributed by atoms with Gasteiger partial charge in [-0.3, -0.25) is 0 Å². The third-order valence-corrected chi connectivity index (χ3v) is 6.77. The van der Waals surface area contributed by atoms with Crippen molar-refractivity contribution in [2.24, 2.45) is 5.73 Å². The molecule has 0 aliphatic carbocycles. The third-order valence-electron chi connectivity index (χ3n) is 6.77. The van der Waals surface area contributed by atoms with Crippen LogP contribution in [0.15, 0.2) is 60.7 Å². The lowest BCUT2D eigenvalue weighted by Crippen LogP contribution is -2.46. The minimum absolute atomic E-state index is 0.143. The molecule has 1 heterocycles. The van der Waals surface area contributed by atoms with Gasteiger partial charge in [0, 0.05) is 36.3 Å². The van der Waals surface area contributed by atoms with Gasteiger partial charge in [0.15, 0.2) is 0 Å². The number of para-hydroxylation sites is 1. The van der Waals surface area contributed by atoms with Crippen LogP contribution in [0.2, 0.25) is 0 Å². The lowest BCUT2D eigenvalue weighted by atomic mass is 10.0. The molecule has 0 saturated carbocycles. The Bertz CT molecular complexity index is 1380. The number of fused-ring (bicyclic) bond motifs is 1. The van der Waals surface area contributed by atoms with E-state index in [1.807, 2.05) is 38.1 Å². The van der Waals surface area contributed by atoms with Gasteiger partial charge in [-0.05, 0) is 67.1 Å². The Morgan fingerprint density at radius 2 is 1.70 bits per heavy atom. The zero-order valence-electron chi connectivity index (χ0n) is 21.4. The number of aromatic nitrogens is 1. The molecule has 4 aromatic rings. The number of carbonyl (C=O) groups is 1. The van der Waals surface area contributed by atoms with Crippen molar-refractivity contribution in [1.29, 1.82) is 0 Å². The van der Waals surface area contributed by atoms with Gasteiger partial charge in [-0.15, -0.1) is 0 Å². The van der Waals surface area contributed by atoms with Gasteiger partial charge < -0.3 is 20.8 Å². The Morgan fingerprint density at radius 3 is 2.43 bits per heavy atom. The van der Waals surface area contributed by atoms with E-state index in [1.165, 1.54) is 17.7 Å². The van der Waals surface area contributed by atoms with Gasteiger partial charge in [0.25, 0.3) is 0 Å². The van der Waals surface area contributed by atoms with Crippen LogP contribution in [0, 0.1) is 25.5 Å². The van der Waals surface area contributed by atoms with Crippen LogP contribution in [0.4, 0.5) is 8.78 Å². The predicted molar refractivity (Wildman–Crippen MR) is 143 cm³/mol. The summed E-state index contributed by atoms with van der Waals surface area (Å²) < 4.78 is 33.5. The molecule has 1 aromatic heterocycles. The molecule has 0 amide bonds. The highest BCUT2D eigenvalue weighted by molar-refractivity contribution is 6.04. The molecule has 0 saturated heterocycles.